The van der Waals surface area contributed by atoms with Crippen LogP contribution in [0.4, 0.5) is 65.9 Å². The molecule has 0 fully saturated rings. The van der Waals surface area contributed by atoms with E-state index in [4.69, 9.17) is 0 Å². The zero-order valence-electron chi connectivity index (χ0n) is 29.4. The van der Waals surface area contributed by atoms with Gasteiger partial charge in [0.25, 0.3) is 0 Å². The molecular formula is C42H18F15N3. The van der Waals surface area contributed by atoms with Crippen molar-refractivity contribution in [1.29, 1.82) is 5.26 Å². The van der Waals surface area contributed by atoms with Crippen LogP contribution in [0.15, 0.2) is 109 Å². The van der Waals surface area contributed by atoms with E-state index in [1.165, 1.54) is 6.07 Å². The molecule has 2 heterocycles. The van der Waals surface area contributed by atoms with Gasteiger partial charge in [0, 0.05) is 27.1 Å². The van der Waals surface area contributed by atoms with Crippen molar-refractivity contribution in [3.63, 3.8) is 0 Å². The molecule has 0 bridgehead atoms. The molecule has 3 nitrogen and oxygen atoms in total. The Balaban J connectivity index is 1.59. The summed E-state index contributed by atoms with van der Waals surface area (Å²) >= 11 is 0. The Bertz CT molecular complexity index is 2780. The third-order valence-electron chi connectivity index (χ3n) is 10.0. The maximum absolute atomic E-state index is 14.3. The quantitative estimate of drug-likeness (QED) is 0.163. The lowest BCUT2D eigenvalue weighted by Crippen LogP contribution is -2.08. The molecule has 0 N–H and O–H groups in total. The van der Waals surface area contributed by atoms with Gasteiger partial charge in [-0.1, -0.05) is 12.1 Å². The van der Waals surface area contributed by atoms with Crippen molar-refractivity contribution in [2.45, 2.75) is 30.9 Å². The van der Waals surface area contributed by atoms with Crippen LogP contribution >= 0.6 is 0 Å². The summed E-state index contributed by atoms with van der Waals surface area (Å²) in [5, 5.41) is 8.78. The van der Waals surface area contributed by atoms with Crippen molar-refractivity contribution in [3.8, 4) is 28.6 Å². The fourth-order valence-corrected chi connectivity index (χ4v) is 7.45. The van der Waals surface area contributed by atoms with E-state index in [0.717, 1.165) is 51.6 Å². The minimum atomic E-state index is -4.99. The van der Waals surface area contributed by atoms with E-state index in [9.17, 15) is 71.1 Å². The maximum atomic E-state index is 14.3. The average Bonchev–Trinajstić information content (AvgIpc) is 3.67. The minimum Gasteiger partial charge on any atom is -0.308 e. The van der Waals surface area contributed by atoms with Crippen molar-refractivity contribution in [3.05, 3.63) is 143 Å². The fourth-order valence-electron chi connectivity index (χ4n) is 7.45. The number of halogens is 15. The monoisotopic (exact) mass is 849 g/mol. The van der Waals surface area contributed by atoms with Crippen molar-refractivity contribution in [2.24, 2.45) is 0 Å². The fraction of sp³-hybridized carbons (Fsp3) is 0.119. The van der Waals surface area contributed by atoms with Gasteiger partial charge in [0.05, 0.1) is 72.9 Å². The molecule has 0 aliphatic carbocycles. The van der Waals surface area contributed by atoms with E-state index in [-0.39, 0.29) is 71.7 Å². The molecule has 0 radical (unpaired) electrons. The molecule has 8 aromatic rings. The molecule has 60 heavy (non-hydrogen) atoms. The number of rotatable bonds is 3. The van der Waals surface area contributed by atoms with Crippen molar-refractivity contribution in [2.75, 3.05) is 0 Å². The SMILES string of the molecule is N#Cc1cc(-n2c3ccc(C(F)(F)F)cc3c3cc(C(F)(F)F)ccc32)c(-c2cccc(C(F)(F)F)c2)c(-n2c3ccc(C(F)(F)F)cc3c3cc(C(F)(F)F)ccc32)c1. The molecule has 0 aliphatic heterocycles. The van der Waals surface area contributed by atoms with Gasteiger partial charge in [-0.3, -0.25) is 0 Å². The number of fused-ring (bicyclic) bond motifs is 6. The number of aromatic nitrogens is 2. The number of alkyl halides is 15. The Morgan fingerprint density at radius 2 is 0.667 bits per heavy atom. The van der Waals surface area contributed by atoms with E-state index in [2.05, 4.69) is 0 Å². The number of nitriles is 1. The summed E-state index contributed by atoms with van der Waals surface area (Å²) in [6.45, 7) is 0. The molecule has 8 rings (SSSR count). The predicted molar refractivity (Wildman–Crippen MR) is 190 cm³/mol. The van der Waals surface area contributed by atoms with Crippen molar-refractivity contribution < 1.29 is 65.9 Å². The molecule has 0 saturated heterocycles. The number of hydrogen-bond acceptors (Lipinski definition) is 1. The minimum absolute atomic E-state index is 0.210. The lowest BCUT2D eigenvalue weighted by atomic mass is 9.96. The highest BCUT2D eigenvalue weighted by atomic mass is 19.4. The topological polar surface area (TPSA) is 33.6 Å². The summed E-state index contributed by atoms with van der Waals surface area (Å²) in [5.74, 6) is 0. The normalized spacial score (nSPS) is 13.2. The van der Waals surface area contributed by atoms with Gasteiger partial charge in [-0.25, -0.2) is 0 Å². The van der Waals surface area contributed by atoms with Crippen LogP contribution in [0.25, 0.3) is 66.1 Å². The van der Waals surface area contributed by atoms with Crippen LogP contribution < -0.4 is 0 Å². The summed E-state index contributed by atoms with van der Waals surface area (Å²) in [5.41, 5.74) is -8.66. The van der Waals surface area contributed by atoms with Gasteiger partial charge in [-0.15, -0.1) is 0 Å². The zero-order chi connectivity index (χ0) is 43.5. The van der Waals surface area contributed by atoms with Crippen LogP contribution in [0.3, 0.4) is 0 Å². The third-order valence-corrected chi connectivity index (χ3v) is 10.0. The van der Waals surface area contributed by atoms with E-state index in [1.807, 2.05) is 6.07 Å². The first-order chi connectivity index (χ1) is 27.9. The lowest BCUT2D eigenvalue weighted by molar-refractivity contribution is -0.138. The second-order valence-corrected chi connectivity index (χ2v) is 13.7. The second-order valence-electron chi connectivity index (χ2n) is 13.7. The first kappa shape index (κ1) is 40.2. The molecule has 0 aliphatic rings. The highest BCUT2D eigenvalue weighted by Crippen LogP contribution is 2.47. The van der Waals surface area contributed by atoms with Gasteiger partial charge in [-0.2, -0.15) is 71.1 Å². The third kappa shape index (κ3) is 6.71. The van der Waals surface area contributed by atoms with Crippen LogP contribution in [0.2, 0.25) is 0 Å². The molecule has 18 heteroatoms. The van der Waals surface area contributed by atoms with Crippen molar-refractivity contribution >= 4 is 43.6 Å². The zero-order valence-corrected chi connectivity index (χ0v) is 29.4. The number of benzene rings is 6. The molecule has 0 saturated carbocycles. The van der Waals surface area contributed by atoms with E-state index in [1.54, 1.807) is 0 Å². The summed E-state index contributed by atoms with van der Waals surface area (Å²) in [7, 11) is 0. The highest BCUT2D eigenvalue weighted by molar-refractivity contribution is 6.12. The molecule has 0 amide bonds. The summed E-state index contributed by atoms with van der Waals surface area (Å²) in [4.78, 5) is 0. The molecular weight excluding hydrogens is 831 g/mol. The first-order valence-corrected chi connectivity index (χ1v) is 17.1. The Morgan fingerprint density at radius 3 is 0.950 bits per heavy atom. The van der Waals surface area contributed by atoms with Gasteiger partial charge < -0.3 is 9.13 Å². The second kappa shape index (κ2) is 13.2. The van der Waals surface area contributed by atoms with E-state index >= 15 is 0 Å². The molecule has 0 spiro atoms. The van der Waals surface area contributed by atoms with Crippen LogP contribution in [0.1, 0.15) is 33.4 Å². The highest BCUT2D eigenvalue weighted by Gasteiger charge is 2.37. The van der Waals surface area contributed by atoms with Gasteiger partial charge in [0.2, 0.25) is 0 Å². The molecule has 0 unspecified atom stereocenters. The van der Waals surface area contributed by atoms with Crippen LogP contribution in [0.5, 0.6) is 0 Å². The van der Waals surface area contributed by atoms with Crippen LogP contribution in [-0.4, -0.2) is 9.13 Å². The Hall–Kier alpha value is -6.64. The Labute approximate surface area is 325 Å². The van der Waals surface area contributed by atoms with Gasteiger partial charge in [0.1, 0.15) is 0 Å². The molecule has 6 aromatic carbocycles. The first-order valence-electron chi connectivity index (χ1n) is 17.1. The lowest BCUT2D eigenvalue weighted by Gasteiger charge is -2.22. The van der Waals surface area contributed by atoms with Gasteiger partial charge in [-0.05, 0) is 103 Å². The average molecular weight is 850 g/mol. The Morgan fingerprint density at radius 1 is 0.367 bits per heavy atom. The van der Waals surface area contributed by atoms with Gasteiger partial charge in [0.15, 0.2) is 0 Å². The molecule has 2 aromatic heterocycles. The largest absolute Gasteiger partial charge is 0.416 e. The van der Waals surface area contributed by atoms with Crippen LogP contribution in [-0.2, 0) is 30.9 Å². The summed E-state index contributed by atoms with van der Waals surface area (Å²) in [6, 6.07) is 16.0. The standard InChI is InChI=1S/C42H18F15N3/c43-38(44,45)22-3-1-2-21(14-22)37-35(59-31-8-4-23(39(46,47)48)15-27(31)28-16-24(40(49,50)51)5-9-32(28)59)12-20(19-58)13-36(37)60-33-10-6-25(41(52,53)54)17-29(33)30-18-26(42(55,56)57)7-11-34(30)60/h1-18H. The van der Waals surface area contributed by atoms with E-state index < -0.39 is 58.7 Å². The summed E-state index contributed by atoms with van der Waals surface area (Å²) in [6.07, 6.45) is -25.0. The van der Waals surface area contributed by atoms with Crippen LogP contribution in [0, 0.1) is 11.3 Å². The maximum Gasteiger partial charge on any atom is 0.416 e. The predicted octanol–water partition coefficient (Wildman–Crippen LogP) is 14.5. The smallest absolute Gasteiger partial charge is 0.308 e. The van der Waals surface area contributed by atoms with E-state index in [0.29, 0.717) is 60.7 Å². The molecule has 0 atom stereocenters. The summed E-state index contributed by atoms with van der Waals surface area (Å²) < 4.78 is 214. The van der Waals surface area contributed by atoms with Gasteiger partial charge >= 0.3 is 30.9 Å². The molecule has 306 valence electrons. The van der Waals surface area contributed by atoms with Crippen molar-refractivity contribution in [1.82, 2.24) is 9.13 Å². The number of hydrogen-bond donors (Lipinski definition) is 0. The number of nitrogens with zero attached hydrogens (tertiary/aromatic N) is 3. The Kier molecular flexibility index (Phi) is 8.82.